The number of fused-ring (bicyclic) bond motifs is 4. The van der Waals surface area contributed by atoms with Gasteiger partial charge in [0.25, 0.3) is 5.91 Å². The van der Waals surface area contributed by atoms with Crippen LogP contribution in [-0.4, -0.2) is 57.3 Å². The quantitative estimate of drug-likeness (QED) is 0.781. The zero-order valence-corrected chi connectivity index (χ0v) is 13.4. The molecule has 0 N–H and O–H groups in total. The molecule has 3 aliphatic rings. The minimum atomic E-state index is -0.0336. The molecule has 3 fully saturated rings. The highest BCUT2D eigenvalue weighted by atomic mass is 16.2. The molecule has 6 heteroatoms. The van der Waals surface area contributed by atoms with Gasteiger partial charge >= 0.3 is 0 Å². The molecule has 2 amide bonds. The summed E-state index contributed by atoms with van der Waals surface area (Å²) in [6, 6.07) is 1.85. The van der Waals surface area contributed by atoms with E-state index in [4.69, 9.17) is 0 Å². The summed E-state index contributed by atoms with van der Waals surface area (Å²) in [4.78, 5) is 36.9. The Kier molecular flexibility index (Phi) is 3.85. The van der Waals surface area contributed by atoms with Crippen molar-refractivity contribution >= 4 is 11.8 Å². The molecule has 0 aromatic carbocycles. The molecule has 0 unspecified atom stereocenters. The number of nitrogens with zero attached hydrogens (tertiary/aromatic N) is 4. The lowest BCUT2D eigenvalue weighted by Crippen LogP contribution is -2.47. The van der Waals surface area contributed by atoms with Gasteiger partial charge in [-0.05, 0) is 38.7 Å². The van der Waals surface area contributed by atoms with Gasteiger partial charge in [0, 0.05) is 38.3 Å². The maximum Gasteiger partial charge on any atom is 0.272 e. The molecule has 1 aromatic rings. The molecule has 3 aliphatic heterocycles. The predicted octanol–water partition coefficient (Wildman–Crippen LogP) is 1.18. The summed E-state index contributed by atoms with van der Waals surface area (Å²) in [6.45, 7) is 7.40. The van der Waals surface area contributed by atoms with Gasteiger partial charge in [0.1, 0.15) is 11.5 Å². The molecular weight excluding hydrogens is 280 g/mol. The minimum absolute atomic E-state index is 0.0336. The van der Waals surface area contributed by atoms with Gasteiger partial charge in [-0.3, -0.25) is 9.59 Å². The predicted molar refractivity (Wildman–Crippen MR) is 81.3 cm³/mol. The van der Waals surface area contributed by atoms with Crippen LogP contribution in [0.5, 0.6) is 0 Å². The minimum Gasteiger partial charge on any atom is -0.341 e. The summed E-state index contributed by atoms with van der Waals surface area (Å²) in [6.07, 6.45) is 2.04. The number of hydrogen-bond acceptors (Lipinski definition) is 4. The van der Waals surface area contributed by atoms with E-state index in [1.807, 2.05) is 16.7 Å². The van der Waals surface area contributed by atoms with Crippen LogP contribution in [0.15, 0.2) is 6.07 Å². The summed E-state index contributed by atoms with van der Waals surface area (Å²) in [7, 11) is 0. The van der Waals surface area contributed by atoms with Crippen molar-refractivity contribution in [1.82, 2.24) is 19.8 Å². The Labute approximate surface area is 130 Å². The van der Waals surface area contributed by atoms with Crippen molar-refractivity contribution in [2.24, 2.45) is 5.92 Å². The Morgan fingerprint density at radius 2 is 1.91 bits per heavy atom. The van der Waals surface area contributed by atoms with Gasteiger partial charge in [-0.15, -0.1) is 0 Å². The average Bonchev–Trinajstić information content (AvgIpc) is 2.77. The Hall–Kier alpha value is -1.98. The number of carbonyl (C=O) groups is 2. The Balaban J connectivity index is 1.85. The molecule has 22 heavy (non-hydrogen) atoms. The summed E-state index contributed by atoms with van der Waals surface area (Å²) >= 11 is 0. The first-order chi connectivity index (χ1) is 10.4. The normalized spacial score (nSPS) is 24.3. The fourth-order valence-corrected chi connectivity index (χ4v) is 3.56. The van der Waals surface area contributed by atoms with E-state index in [0.717, 1.165) is 31.6 Å². The molecule has 6 nitrogen and oxygen atoms in total. The van der Waals surface area contributed by atoms with Crippen molar-refractivity contribution < 1.29 is 9.59 Å². The first kappa shape index (κ1) is 14.9. The third kappa shape index (κ3) is 2.82. The van der Waals surface area contributed by atoms with Crippen LogP contribution in [0.25, 0.3) is 0 Å². The van der Waals surface area contributed by atoms with E-state index in [9.17, 15) is 9.59 Å². The number of amides is 2. The topological polar surface area (TPSA) is 66.4 Å². The molecule has 4 rings (SSSR count). The van der Waals surface area contributed by atoms with Gasteiger partial charge in [0.2, 0.25) is 5.91 Å². The lowest BCUT2D eigenvalue weighted by molar-refractivity contribution is -0.129. The molecular formula is C16H22N4O2. The van der Waals surface area contributed by atoms with E-state index in [1.165, 1.54) is 0 Å². The van der Waals surface area contributed by atoms with Crippen LogP contribution in [-0.2, 0) is 4.79 Å². The zero-order chi connectivity index (χ0) is 15.9. The van der Waals surface area contributed by atoms with Crippen LogP contribution in [0, 0.1) is 19.8 Å². The van der Waals surface area contributed by atoms with E-state index in [2.05, 4.69) is 9.97 Å². The second kappa shape index (κ2) is 5.66. The smallest absolute Gasteiger partial charge is 0.272 e. The van der Waals surface area contributed by atoms with Crippen molar-refractivity contribution in [2.75, 3.05) is 19.6 Å². The maximum atomic E-state index is 12.9. The van der Waals surface area contributed by atoms with E-state index in [-0.39, 0.29) is 17.9 Å². The number of hydrogen-bond donors (Lipinski definition) is 0. The van der Waals surface area contributed by atoms with E-state index >= 15 is 0 Å². The molecule has 4 heterocycles. The van der Waals surface area contributed by atoms with Crippen LogP contribution in [0.1, 0.15) is 41.8 Å². The maximum absolute atomic E-state index is 12.9. The number of piperidine rings is 1. The highest BCUT2D eigenvalue weighted by molar-refractivity contribution is 5.92. The van der Waals surface area contributed by atoms with Crippen LogP contribution >= 0.6 is 0 Å². The third-order valence-electron chi connectivity index (χ3n) is 4.60. The lowest BCUT2D eigenvalue weighted by atomic mass is 9.94. The summed E-state index contributed by atoms with van der Waals surface area (Å²) in [5.41, 5.74) is 1.27. The highest BCUT2D eigenvalue weighted by Gasteiger charge is 2.38. The van der Waals surface area contributed by atoms with E-state index in [1.54, 1.807) is 19.9 Å². The molecule has 118 valence electrons. The molecule has 0 spiro atoms. The molecule has 0 aliphatic carbocycles. The molecule has 0 radical (unpaired) electrons. The Morgan fingerprint density at radius 1 is 1.14 bits per heavy atom. The summed E-state index contributed by atoms with van der Waals surface area (Å²) in [5.74, 6) is 1.05. The molecule has 1 aromatic heterocycles. The van der Waals surface area contributed by atoms with Crippen LogP contribution in [0.4, 0.5) is 0 Å². The molecule has 3 saturated heterocycles. The van der Waals surface area contributed by atoms with Crippen molar-refractivity contribution in [3.63, 3.8) is 0 Å². The lowest BCUT2D eigenvalue weighted by Gasteiger charge is -2.35. The average molecular weight is 302 g/mol. The summed E-state index contributed by atoms with van der Waals surface area (Å²) < 4.78 is 0. The monoisotopic (exact) mass is 302 g/mol. The van der Waals surface area contributed by atoms with Gasteiger partial charge in [-0.1, -0.05) is 0 Å². The Morgan fingerprint density at radius 3 is 2.59 bits per heavy atom. The van der Waals surface area contributed by atoms with Gasteiger partial charge in [-0.2, -0.15) is 0 Å². The Bertz CT molecular complexity index is 596. The van der Waals surface area contributed by atoms with Crippen molar-refractivity contribution in [3.05, 3.63) is 23.3 Å². The van der Waals surface area contributed by atoms with E-state index in [0.29, 0.717) is 24.0 Å². The third-order valence-corrected chi connectivity index (χ3v) is 4.60. The number of carbonyl (C=O) groups excluding carboxylic acids is 2. The largest absolute Gasteiger partial charge is 0.341 e. The number of aryl methyl sites for hydroxylation is 2. The van der Waals surface area contributed by atoms with Crippen LogP contribution in [0.3, 0.4) is 0 Å². The van der Waals surface area contributed by atoms with Crippen molar-refractivity contribution in [2.45, 2.75) is 39.7 Å². The second-order valence-corrected chi connectivity index (χ2v) is 6.42. The second-order valence-electron chi connectivity index (χ2n) is 6.42. The van der Waals surface area contributed by atoms with Gasteiger partial charge in [-0.25, -0.2) is 9.97 Å². The fraction of sp³-hybridized carbons (Fsp3) is 0.625. The van der Waals surface area contributed by atoms with Crippen molar-refractivity contribution in [1.29, 1.82) is 0 Å². The zero-order valence-electron chi connectivity index (χ0n) is 13.4. The van der Waals surface area contributed by atoms with Crippen LogP contribution in [0.2, 0.25) is 0 Å². The summed E-state index contributed by atoms with van der Waals surface area (Å²) in [5, 5.41) is 0. The fourth-order valence-electron chi connectivity index (χ4n) is 3.56. The van der Waals surface area contributed by atoms with Crippen molar-refractivity contribution in [3.8, 4) is 0 Å². The highest BCUT2D eigenvalue weighted by Crippen LogP contribution is 2.29. The van der Waals surface area contributed by atoms with E-state index < -0.39 is 0 Å². The van der Waals surface area contributed by atoms with Gasteiger partial charge in [0.05, 0.1) is 0 Å². The number of rotatable bonds is 1. The SMILES string of the molecule is CC(=O)N1C[C@@H]2CC[C@H](C1)N(C(=O)c1cc(C)nc(C)n1)C2. The van der Waals surface area contributed by atoms with Gasteiger partial charge < -0.3 is 9.80 Å². The number of aromatic nitrogens is 2. The molecule has 0 saturated carbocycles. The first-order valence-corrected chi connectivity index (χ1v) is 7.83. The molecule has 2 atom stereocenters. The molecule has 2 bridgehead atoms. The van der Waals surface area contributed by atoms with Gasteiger partial charge in [0.15, 0.2) is 0 Å². The van der Waals surface area contributed by atoms with Crippen LogP contribution < -0.4 is 0 Å². The first-order valence-electron chi connectivity index (χ1n) is 7.83. The standard InChI is InChI=1S/C16H22N4O2/c1-10-6-15(18-11(2)17-10)16(22)20-8-13-4-5-14(20)9-19(7-13)12(3)21/h6,13-14H,4-5,7-9H2,1-3H3/t13-,14+/m0/s1.